The summed E-state index contributed by atoms with van der Waals surface area (Å²) in [5.41, 5.74) is 0.803. The number of carbonyl (C=O) groups is 2. The standard InChI is InChI=1S/C49H62ClFN8O6/c1-47(2)44(48(3,4)45(47)64-32-14-12-29(24-52)36(50)23-32)56-42(60)30-25-54-46(55-26-30)59-19-9-18-58(28-59)20-21-63-38-10-8-11-39(40(38)51)65-37-15-13-31(49(5,6)62)22-34(37)35-27-57(7)43(61)41-33(35)16-17-53-41/h8,10-15,22-23,27,30,33,41,44-46,53-55,62H,9,16-21,25-26,28H2,1-7H3,(H,56,60). The number of amides is 2. The third-order valence-electron chi connectivity index (χ3n) is 14.0. The number of nitrogens with one attached hydrogen (secondary N) is 4. The largest absolute Gasteiger partial charge is 0.489 e. The van der Waals surface area contributed by atoms with E-state index in [0.717, 1.165) is 31.5 Å². The van der Waals surface area contributed by atoms with Gasteiger partial charge in [-0.25, -0.2) is 0 Å². The molecule has 3 aromatic rings. The Morgan fingerprint density at radius 1 is 1.03 bits per heavy atom. The van der Waals surface area contributed by atoms with Crippen molar-refractivity contribution in [1.82, 2.24) is 36.0 Å². The maximum absolute atomic E-state index is 16.1. The molecule has 8 rings (SSSR count). The molecule has 3 saturated heterocycles. The number of nitrogens with zero attached hydrogens (tertiary/aromatic N) is 4. The van der Waals surface area contributed by atoms with Crippen molar-refractivity contribution in [3.05, 3.63) is 88.3 Å². The van der Waals surface area contributed by atoms with E-state index in [1.54, 1.807) is 74.3 Å². The maximum atomic E-state index is 16.1. The summed E-state index contributed by atoms with van der Waals surface area (Å²) in [5.74, 6) is 0.128. The molecular weight excluding hydrogens is 851 g/mol. The van der Waals surface area contributed by atoms with Crippen LogP contribution in [-0.2, 0) is 15.2 Å². The quantitative estimate of drug-likeness (QED) is 0.145. The summed E-state index contributed by atoms with van der Waals surface area (Å²) in [4.78, 5) is 32.8. The molecule has 1 aliphatic carbocycles. The number of hydrogen-bond acceptors (Lipinski definition) is 12. The van der Waals surface area contributed by atoms with Crippen molar-refractivity contribution >= 4 is 29.0 Å². The Bertz CT molecular complexity index is 2340. The van der Waals surface area contributed by atoms with Crippen molar-refractivity contribution in [2.75, 3.05) is 59.6 Å². The van der Waals surface area contributed by atoms with Gasteiger partial charge in [-0.1, -0.05) is 51.4 Å². The normalized spacial score (nSPS) is 26.6. The van der Waals surface area contributed by atoms with Crippen LogP contribution in [0.5, 0.6) is 23.0 Å². The molecule has 16 heteroatoms. The molecule has 0 spiro atoms. The van der Waals surface area contributed by atoms with Gasteiger partial charge in [0.25, 0.3) is 0 Å². The molecule has 0 aromatic heterocycles. The lowest BCUT2D eigenvalue weighted by Gasteiger charge is -2.63. The molecule has 2 amide bonds. The summed E-state index contributed by atoms with van der Waals surface area (Å²) in [6.07, 6.45) is 3.23. The van der Waals surface area contributed by atoms with Crippen LogP contribution >= 0.6 is 11.6 Å². The second kappa shape index (κ2) is 18.5. The number of ether oxygens (including phenoxy) is 3. The van der Waals surface area contributed by atoms with Crippen molar-refractivity contribution in [2.45, 2.75) is 84.5 Å². The van der Waals surface area contributed by atoms with Gasteiger partial charge in [-0.2, -0.15) is 9.65 Å². The maximum Gasteiger partial charge on any atom is 0.244 e. The predicted octanol–water partition coefficient (Wildman–Crippen LogP) is 5.60. The Morgan fingerprint density at radius 2 is 1.77 bits per heavy atom. The molecule has 2 atom stereocenters. The van der Waals surface area contributed by atoms with Gasteiger partial charge in [0.05, 0.1) is 34.8 Å². The first kappa shape index (κ1) is 46.7. The smallest absolute Gasteiger partial charge is 0.244 e. The molecule has 348 valence electrons. The summed E-state index contributed by atoms with van der Waals surface area (Å²) in [6, 6.07) is 16.9. The number of benzene rings is 3. The van der Waals surface area contributed by atoms with Crippen LogP contribution in [-0.4, -0.2) is 116 Å². The van der Waals surface area contributed by atoms with Crippen LogP contribution in [0.3, 0.4) is 0 Å². The Labute approximate surface area is 386 Å². The minimum Gasteiger partial charge on any atom is -0.489 e. The van der Waals surface area contributed by atoms with E-state index < -0.39 is 11.4 Å². The number of carbonyl (C=O) groups excluding carboxylic acids is 2. The van der Waals surface area contributed by atoms with Gasteiger partial charge in [0.1, 0.15) is 36.6 Å². The van der Waals surface area contributed by atoms with Crippen molar-refractivity contribution in [3.63, 3.8) is 0 Å². The summed E-state index contributed by atoms with van der Waals surface area (Å²) in [7, 11) is 1.73. The fourth-order valence-electron chi connectivity index (χ4n) is 10.7. The number of nitriles is 1. The topological polar surface area (TPSA) is 164 Å². The van der Waals surface area contributed by atoms with E-state index in [1.165, 1.54) is 0 Å². The summed E-state index contributed by atoms with van der Waals surface area (Å²) >= 11 is 6.27. The fourth-order valence-corrected chi connectivity index (χ4v) is 10.9. The van der Waals surface area contributed by atoms with E-state index >= 15 is 4.39 Å². The zero-order valence-corrected chi connectivity index (χ0v) is 39.1. The molecule has 5 N–H and O–H groups in total. The lowest BCUT2D eigenvalue weighted by molar-refractivity contribution is -0.174. The fraction of sp³-hybridized carbons (Fsp3) is 0.531. The lowest BCUT2D eigenvalue weighted by atomic mass is 9.49. The number of fused-ring (bicyclic) bond motifs is 1. The molecule has 1 saturated carbocycles. The summed E-state index contributed by atoms with van der Waals surface area (Å²) < 4.78 is 34.9. The average molecular weight is 914 g/mol. The first-order valence-electron chi connectivity index (χ1n) is 22.6. The molecule has 5 aliphatic rings. The van der Waals surface area contributed by atoms with E-state index in [1.807, 2.05) is 12.3 Å². The van der Waals surface area contributed by atoms with Gasteiger partial charge >= 0.3 is 0 Å². The molecule has 2 unspecified atom stereocenters. The van der Waals surface area contributed by atoms with Gasteiger partial charge in [0, 0.05) is 80.4 Å². The zero-order valence-electron chi connectivity index (χ0n) is 38.3. The minimum atomic E-state index is -1.13. The van der Waals surface area contributed by atoms with Crippen LogP contribution < -0.4 is 35.5 Å². The highest BCUT2D eigenvalue weighted by Gasteiger charge is 2.64. The van der Waals surface area contributed by atoms with E-state index in [0.29, 0.717) is 66.1 Å². The molecule has 65 heavy (non-hydrogen) atoms. The van der Waals surface area contributed by atoms with E-state index in [2.05, 4.69) is 64.8 Å². The average Bonchev–Trinajstić information content (AvgIpc) is 3.78. The van der Waals surface area contributed by atoms with Crippen LogP contribution in [0.25, 0.3) is 5.57 Å². The highest BCUT2D eigenvalue weighted by atomic mass is 35.5. The number of halogens is 2. The van der Waals surface area contributed by atoms with E-state index in [4.69, 9.17) is 25.8 Å². The Morgan fingerprint density at radius 3 is 2.48 bits per heavy atom. The van der Waals surface area contributed by atoms with Gasteiger partial charge < -0.3 is 34.9 Å². The number of rotatable bonds is 13. The third-order valence-corrected chi connectivity index (χ3v) is 14.3. The van der Waals surface area contributed by atoms with Crippen LogP contribution in [0.4, 0.5) is 4.39 Å². The van der Waals surface area contributed by atoms with Crippen LogP contribution in [0.2, 0.25) is 5.02 Å². The van der Waals surface area contributed by atoms with E-state index in [9.17, 15) is 20.0 Å². The second-order valence-corrected chi connectivity index (χ2v) is 20.2. The molecule has 4 aliphatic heterocycles. The van der Waals surface area contributed by atoms with Gasteiger partial charge in [-0.3, -0.25) is 30.0 Å². The number of hydrogen-bond donors (Lipinski definition) is 5. The summed E-state index contributed by atoms with van der Waals surface area (Å²) in [6.45, 7) is 16.8. The third kappa shape index (κ3) is 9.45. The zero-order chi connectivity index (χ0) is 46.4. The highest BCUT2D eigenvalue weighted by Crippen LogP contribution is 2.56. The first-order valence-corrected chi connectivity index (χ1v) is 23.0. The molecule has 14 nitrogen and oxygen atoms in total. The first-order chi connectivity index (χ1) is 30.9. The van der Waals surface area contributed by atoms with Gasteiger partial charge in [0.15, 0.2) is 11.5 Å². The van der Waals surface area contributed by atoms with Crippen molar-refractivity contribution in [3.8, 4) is 29.1 Å². The number of aliphatic hydroxyl groups is 1. The molecule has 3 aromatic carbocycles. The molecule has 0 bridgehead atoms. The van der Waals surface area contributed by atoms with Crippen molar-refractivity contribution < 1.29 is 33.3 Å². The lowest BCUT2D eigenvalue weighted by Crippen LogP contribution is -2.75. The van der Waals surface area contributed by atoms with Crippen LogP contribution in [0.1, 0.15) is 71.1 Å². The van der Waals surface area contributed by atoms with Crippen LogP contribution in [0.15, 0.2) is 60.8 Å². The Balaban J connectivity index is 0.832. The van der Waals surface area contributed by atoms with Crippen LogP contribution in [0, 0.1) is 39.8 Å². The van der Waals surface area contributed by atoms with Gasteiger partial charge in [-0.05, 0) is 80.8 Å². The van der Waals surface area contributed by atoms with Crippen molar-refractivity contribution in [2.24, 2.45) is 22.7 Å². The number of likely N-dealkylation sites (N-methyl/N-ethyl adjacent to an activating group) is 1. The Hall–Kier alpha value is -4.79. The van der Waals surface area contributed by atoms with Gasteiger partial charge in [0.2, 0.25) is 17.6 Å². The summed E-state index contributed by atoms with van der Waals surface area (Å²) in [5, 5.41) is 34.3. The molecule has 4 heterocycles. The van der Waals surface area contributed by atoms with Gasteiger partial charge in [-0.15, -0.1) is 0 Å². The highest BCUT2D eigenvalue weighted by molar-refractivity contribution is 6.31. The molecular formula is C49H62ClFN8O6. The molecule has 4 fully saturated rings. The minimum absolute atomic E-state index is 0.00248. The second-order valence-electron chi connectivity index (χ2n) is 19.8. The van der Waals surface area contributed by atoms with Crippen molar-refractivity contribution in [1.29, 1.82) is 5.26 Å². The Kier molecular flexibility index (Phi) is 13.3. The monoisotopic (exact) mass is 912 g/mol. The molecule has 0 radical (unpaired) electrons. The SMILES string of the molecule is CN1C=C(c2cc(C(C)(C)O)ccc2Oc2cccc(OCCN3CCCN(C4NCC(C(=O)NC5C(C)(C)C(Oc6ccc(C#N)c(Cl)c6)C5(C)C)CN4)C3)c2F)C2CCNC2C1=O. The predicted molar refractivity (Wildman–Crippen MR) is 245 cm³/mol. The van der Waals surface area contributed by atoms with E-state index in [-0.39, 0.29) is 77.1 Å².